The van der Waals surface area contributed by atoms with E-state index in [1.54, 1.807) is 0 Å². The van der Waals surface area contributed by atoms with Gasteiger partial charge in [-0.2, -0.15) is 5.10 Å². The Labute approximate surface area is 194 Å². The Balaban J connectivity index is 1.19. The van der Waals surface area contributed by atoms with Crippen molar-refractivity contribution in [2.75, 3.05) is 11.1 Å². The first-order chi connectivity index (χ1) is 15.1. The molecule has 3 atom stereocenters. The zero-order valence-electron chi connectivity index (χ0n) is 17.0. The van der Waals surface area contributed by atoms with Crippen molar-refractivity contribution in [3.63, 3.8) is 0 Å². The van der Waals surface area contributed by atoms with Gasteiger partial charge in [-0.15, -0.1) is 0 Å². The molecule has 3 N–H and O–H groups in total. The molecule has 0 spiro atoms. The van der Waals surface area contributed by atoms with E-state index >= 15 is 0 Å². The van der Waals surface area contributed by atoms with Gasteiger partial charge in [-0.1, -0.05) is 53.7 Å². The van der Waals surface area contributed by atoms with Gasteiger partial charge in [0.15, 0.2) is 5.17 Å². The van der Waals surface area contributed by atoms with Gasteiger partial charge in [-0.05, 0) is 47.0 Å². The summed E-state index contributed by atoms with van der Waals surface area (Å²) in [5.41, 5.74) is 10.2. The number of hydrogen-bond donors (Lipinski definition) is 3. The number of fused-ring (bicyclic) bond motifs is 3. The lowest BCUT2D eigenvalue weighted by atomic mass is 9.99. The first-order valence-electron chi connectivity index (χ1n) is 10.2. The number of hydrazine groups is 1. The fourth-order valence-corrected chi connectivity index (χ4v) is 5.20. The fourth-order valence-electron chi connectivity index (χ4n) is 4.05. The van der Waals surface area contributed by atoms with E-state index < -0.39 is 0 Å². The van der Waals surface area contributed by atoms with E-state index in [2.05, 4.69) is 84.5 Å². The Morgan fingerprint density at radius 1 is 1.23 bits per heavy atom. The van der Waals surface area contributed by atoms with E-state index in [9.17, 15) is 4.79 Å². The number of aryl methyl sites for hydroxylation is 1. The summed E-state index contributed by atoms with van der Waals surface area (Å²) in [5.74, 6) is 0.227. The molecule has 1 amide bonds. The minimum Gasteiger partial charge on any atom is -0.324 e. The summed E-state index contributed by atoms with van der Waals surface area (Å²) >= 11 is 4.89. The van der Waals surface area contributed by atoms with Gasteiger partial charge < -0.3 is 15.2 Å². The number of carbonyl (C=O) groups is 1. The summed E-state index contributed by atoms with van der Waals surface area (Å²) in [6.07, 6.45) is 5.09. The van der Waals surface area contributed by atoms with E-state index in [-0.39, 0.29) is 29.9 Å². The number of amidine groups is 1. The Kier molecular flexibility index (Phi) is 5.64. The normalized spacial score (nSPS) is 23.8. The van der Waals surface area contributed by atoms with Crippen molar-refractivity contribution in [2.24, 2.45) is 5.10 Å². The number of halogens is 1. The van der Waals surface area contributed by atoms with Crippen LogP contribution in [0.3, 0.4) is 0 Å². The summed E-state index contributed by atoms with van der Waals surface area (Å²) in [7, 11) is 0. The molecule has 0 saturated carbocycles. The van der Waals surface area contributed by atoms with Crippen LogP contribution in [0, 0.1) is 6.92 Å². The molecule has 31 heavy (non-hydrogen) atoms. The highest BCUT2D eigenvalue weighted by atomic mass is 79.9. The highest BCUT2D eigenvalue weighted by molar-refractivity contribution is 9.10. The lowest BCUT2D eigenvalue weighted by molar-refractivity contribution is -0.113. The minimum absolute atomic E-state index is 0.0433. The van der Waals surface area contributed by atoms with Crippen LogP contribution < -0.4 is 16.2 Å². The number of anilines is 1. The van der Waals surface area contributed by atoms with Gasteiger partial charge in [-0.3, -0.25) is 10.2 Å². The Hall–Kier alpha value is -2.49. The van der Waals surface area contributed by atoms with Gasteiger partial charge in [0.25, 0.3) is 0 Å². The van der Waals surface area contributed by atoms with E-state index in [1.165, 1.54) is 22.9 Å². The highest BCUT2D eigenvalue weighted by Crippen LogP contribution is 2.35. The van der Waals surface area contributed by atoms with Crippen LogP contribution in [0.1, 0.15) is 23.6 Å². The van der Waals surface area contributed by atoms with Crippen LogP contribution in [0.4, 0.5) is 5.69 Å². The van der Waals surface area contributed by atoms with Gasteiger partial charge in [0, 0.05) is 16.9 Å². The summed E-state index contributed by atoms with van der Waals surface area (Å²) in [4.78, 5) is 14.5. The monoisotopic (exact) mass is 498 g/mol. The molecule has 1 fully saturated rings. The van der Waals surface area contributed by atoms with Crippen molar-refractivity contribution in [1.82, 2.24) is 20.8 Å². The lowest BCUT2D eigenvalue weighted by Crippen LogP contribution is -2.54. The van der Waals surface area contributed by atoms with Gasteiger partial charge in [0.05, 0.1) is 23.5 Å². The number of thioether (sulfide) groups is 1. The van der Waals surface area contributed by atoms with Crippen molar-refractivity contribution >= 4 is 44.5 Å². The Bertz CT molecular complexity index is 1040. The number of amides is 1. The molecule has 7 nitrogen and oxygen atoms in total. The number of para-hydroxylation sites is 1. The van der Waals surface area contributed by atoms with Crippen LogP contribution in [0.15, 0.2) is 70.5 Å². The predicted octanol–water partition coefficient (Wildman–Crippen LogP) is 3.74. The molecule has 3 aliphatic rings. The molecular weight excluding hydrogens is 476 g/mol. The maximum Gasteiger partial charge on any atom is 0.234 e. The fraction of sp³-hybridized carbons (Fsp3) is 0.273. The summed E-state index contributed by atoms with van der Waals surface area (Å²) in [5, 5.41) is 10.4. The lowest BCUT2D eigenvalue weighted by Gasteiger charge is -2.36. The summed E-state index contributed by atoms with van der Waals surface area (Å²) in [6, 6.07) is 16.8. The SMILES string of the molecule is Cc1ccc(C2CC3C4NN=C(SCC(=O)Nc5ccccc5Br)N4C=CN3N2)cc1. The zero-order valence-corrected chi connectivity index (χ0v) is 19.4. The van der Waals surface area contributed by atoms with Crippen molar-refractivity contribution in [3.8, 4) is 0 Å². The molecule has 3 heterocycles. The Morgan fingerprint density at radius 2 is 2.03 bits per heavy atom. The number of nitrogens with one attached hydrogen (secondary N) is 3. The molecule has 0 aromatic heterocycles. The summed E-state index contributed by atoms with van der Waals surface area (Å²) < 4.78 is 0.865. The molecule has 9 heteroatoms. The minimum atomic E-state index is -0.0624. The van der Waals surface area contributed by atoms with Gasteiger partial charge in [0.1, 0.15) is 6.17 Å². The average Bonchev–Trinajstić information content (AvgIpc) is 3.38. The number of rotatable bonds is 4. The third kappa shape index (κ3) is 4.17. The molecule has 3 unspecified atom stereocenters. The predicted molar refractivity (Wildman–Crippen MR) is 128 cm³/mol. The Morgan fingerprint density at radius 3 is 2.84 bits per heavy atom. The molecular formula is C22H23BrN6OS. The molecule has 160 valence electrons. The molecule has 0 radical (unpaired) electrons. The van der Waals surface area contributed by atoms with Gasteiger partial charge in [0.2, 0.25) is 5.91 Å². The van der Waals surface area contributed by atoms with Crippen molar-refractivity contribution in [1.29, 1.82) is 0 Å². The van der Waals surface area contributed by atoms with Crippen molar-refractivity contribution in [2.45, 2.75) is 31.6 Å². The van der Waals surface area contributed by atoms with E-state index in [0.29, 0.717) is 0 Å². The van der Waals surface area contributed by atoms with Gasteiger partial charge >= 0.3 is 0 Å². The summed E-state index contributed by atoms with van der Waals surface area (Å²) in [6.45, 7) is 2.10. The van der Waals surface area contributed by atoms with Crippen molar-refractivity contribution < 1.29 is 4.79 Å². The number of benzene rings is 2. The number of hydrogen-bond acceptors (Lipinski definition) is 7. The topological polar surface area (TPSA) is 72.0 Å². The van der Waals surface area contributed by atoms with Crippen molar-refractivity contribution in [3.05, 3.63) is 76.5 Å². The van der Waals surface area contributed by atoms with Crippen LogP contribution in [0.2, 0.25) is 0 Å². The second-order valence-corrected chi connectivity index (χ2v) is 9.59. The second kappa shape index (κ2) is 8.57. The first kappa shape index (κ1) is 20.4. The molecule has 3 aliphatic heterocycles. The van der Waals surface area contributed by atoms with Gasteiger partial charge in [-0.25, -0.2) is 5.43 Å². The molecule has 5 rings (SSSR count). The standard InChI is InChI=1S/C22H23BrN6OS/c1-14-6-8-15(9-7-14)18-12-19-21-25-26-22(28(21)10-11-29(19)27-18)31-13-20(30)24-17-5-3-2-4-16(17)23/h2-11,18-19,21,25,27H,12-13H2,1H3,(H,24,30). The van der Waals surface area contributed by atoms with Crippen LogP contribution in [0.5, 0.6) is 0 Å². The van der Waals surface area contributed by atoms with Crippen LogP contribution in [0.25, 0.3) is 0 Å². The van der Waals surface area contributed by atoms with Crippen LogP contribution in [-0.4, -0.2) is 38.9 Å². The van der Waals surface area contributed by atoms with Crippen LogP contribution >= 0.6 is 27.7 Å². The number of nitrogens with zero attached hydrogens (tertiary/aromatic N) is 3. The number of hydrazone groups is 1. The first-order valence-corrected chi connectivity index (χ1v) is 11.9. The number of carbonyl (C=O) groups excluding carboxylic acids is 1. The maximum absolute atomic E-state index is 12.4. The molecule has 0 bridgehead atoms. The third-order valence-corrected chi connectivity index (χ3v) is 7.32. The average molecular weight is 499 g/mol. The highest BCUT2D eigenvalue weighted by Gasteiger charge is 2.44. The zero-order chi connectivity index (χ0) is 21.4. The van der Waals surface area contributed by atoms with E-state index in [1.807, 2.05) is 30.5 Å². The van der Waals surface area contributed by atoms with E-state index in [0.717, 1.165) is 21.7 Å². The maximum atomic E-state index is 12.4. The molecule has 2 aromatic carbocycles. The molecule has 1 saturated heterocycles. The molecule has 2 aromatic rings. The van der Waals surface area contributed by atoms with Crippen LogP contribution in [-0.2, 0) is 4.79 Å². The smallest absolute Gasteiger partial charge is 0.234 e. The largest absolute Gasteiger partial charge is 0.324 e. The molecule has 0 aliphatic carbocycles. The van der Waals surface area contributed by atoms with E-state index in [4.69, 9.17) is 0 Å². The quantitative estimate of drug-likeness (QED) is 0.596. The third-order valence-electron chi connectivity index (χ3n) is 5.66. The second-order valence-electron chi connectivity index (χ2n) is 7.79.